The molecule has 0 N–H and O–H groups in total. The van der Waals surface area contributed by atoms with Crippen molar-refractivity contribution in [3.05, 3.63) is 53.4 Å². The maximum atomic E-state index is 12.4. The Morgan fingerprint density at radius 1 is 1.30 bits per heavy atom. The van der Waals surface area contributed by atoms with Crippen LogP contribution in [-0.4, -0.2) is 49.0 Å². The van der Waals surface area contributed by atoms with E-state index in [9.17, 15) is 8.42 Å². The predicted octanol–water partition coefficient (Wildman–Crippen LogP) is 1.63. The molecule has 0 bridgehead atoms. The van der Waals surface area contributed by atoms with Gasteiger partial charge in [-0.1, -0.05) is 35.5 Å². The molecule has 1 aliphatic rings. The lowest BCUT2D eigenvalue weighted by molar-refractivity contribution is 0.0972. The Morgan fingerprint density at radius 2 is 2.00 bits per heavy atom. The van der Waals surface area contributed by atoms with E-state index in [1.807, 2.05) is 50.4 Å². The van der Waals surface area contributed by atoms with Crippen molar-refractivity contribution in [2.75, 3.05) is 20.1 Å². The van der Waals surface area contributed by atoms with Gasteiger partial charge in [0.2, 0.25) is 10.0 Å². The third-order valence-corrected chi connectivity index (χ3v) is 5.90. The van der Waals surface area contributed by atoms with E-state index >= 15 is 0 Å². The number of nitrogens with zero attached hydrogens (tertiary/aromatic N) is 3. The minimum Gasteiger partial charge on any atom is -0.360 e. The standard InChI is InChI=1S/C16H21N3O3S/c1-13-8-16(22-17-13)11-18(2)15-9-19(10-15)23(20,21)12-14-6-4-3-5-7-14/h3-8,15H,9-12H2,1-2H3. The van der Waals surface area contributed by atoms with Gasteiger partial charge in [0, 0.05) is 25.2 Å². The molecule has 0 spiro atoms. The summed E-state index contributed by atoms with van der Waals surface area (Å²) >= 11 is 0. The van der Waals surface area contributed by atoms with Crippen molar-refractivity contribution < 1.29 is 12.9 Å². The molecule has 0 saturated carbocycles. The number of sulfonamides is 1. The van der Waals surface area contributed by atoms with Crippen molar-refractivity contribution in [2.45, 2.75) is 25.3 Å². The van der Waals surface area contributed by atoms with Crippen LogP contribution >= 0.6 is 0 Å². The summed E-state index contributed by atoms with van der Waals surface area (Å²) in [6.45, 7) is 3.57. The Balaban J connectivity index is 1.53. The number of hydrogen-bond acceptors (Lipinski definition) is 5. The molecule has 0 aliphatic carbocycles. The summed E-state index contributed by atoms with van der Waals surface area (Å²) in [7, 11) is -1.27. The van der Waals surface area contributed by atoms with Crippen LogP contribution in [0.2, 0.25) is 0 Å². The summed E-state index contributed by atoms with van der Waals surface area (Å²) in [6.07, 6.45) is 0. The van der Waals surface area contributed by atoms with E-state index in [1.165, 1.54) is 0 Å². The van der Waals surface area contributed by atoms with Crippen molar-refractivity contribution >= 4 is 10.0 Å². The normalized spacial score (nSPS) is 16.7. The van der Waals surface area contributed by atoms with Crippen LogP contribution in [0.25, 0.3) is 0 Å². The summed E-state index contributed by atoms with van der Waals surface area (Å²) in [4.78, 5) is 2.11. The van der Waals surface area contributed by atoms with Gasteiger partial charge in [-0.25, -0.2) is 8.42 Å². The SMILES string of the molecule is Cc1cc(CN(C)C2CN(S(=O)(=O)Cc3ccccc3)C2)on1. The molecule has 23 heavy (non-hydrogen) atoms. The van der Waals surface area contributed by atoms with E-state index in [1.54, 1.807) is 4.31 Å². The Hall–Kier alpha value is -1.70. The molecule has 0 amide bonds. The molecule has 1 aliphatic heterocycles. The van der Waals surface area contributed by atoms with Gasteiger partial charge in [0.25, 0.3) is 0 Å². The van der Waals surface area contributed by atoms with Crippen LogP contribution in [0.4, 0.5) is 0 Å². The van der Waals surface area contributed by atoms with Crippen LogP contribution < -0.4 is 0 Å². The lowest BCUT2D eigenvalue weighted by atomic mass is 10.1. The van der Waals surface area contributed by atoms with Crippen LogP contribution in [0.1, 0.15) is 17.0 Å². The summed E-state index contributed by atoms with van der Waals surface area (Å²) < 4.78 is 31.5. The molecule has 2 heterocycles. The van der Waals surface area contributed by atoms with Crippen LogP contribution in [0, 0.1) is 6.92 Å². The number of hydrogen-bond donors (Lipinski definition) is 0. The maximum Gasteiger partial charge on any atom is 0.218 e. The summed E-state index contributed by atoms with van der Waals surface area (Å²) in [5, 5.41) is 3.87. The lowest BCUT2D eigenvalue weighted by Crippen LogP contribution is -2.59. The van der Waals surface area contributed by atoms with Crippen LogP contribution in [0.15, 0.2) is 40.9 Å². The first-order valence-electron chi connectivity index (χ1n) is 7.58. The van der Waals surface area contributed by atoms with E-state index in [0.717, 1.165) is 17.0 Å². The van der Waals surface area contributed by atoms with Gasteiger partial charge in [0.15, 0.2) is 5.76 Å². The lowest BCUT2D eigenvalue weighted by Gasteiger charge is -2.42. The molecule has 0 unspecified atom stereocenters. The number of likely N-dealkylation sites (N-methyl/N-ethyl adjacent to an activating group) is 1. The fraction of sp³-hybridized carbons (Fsp3) is 0.438. The summed E-state index contributed by atoms with van der Waals surface area (Å²) in [5.74, 6) is 0.863. The molecule has 6 nitrogen and oxygen atoms in total. The first-order valence-corrected chi connectivity index (χ1v) is 9.19. The van der Waals surface area contributed by atoms with Crippen LogP contribution in [0.5, 0.6) is 0 Å². The van der Waals surface area contributed by atoms with Crippen LogP contribution in [-0.2, 0) is 22.3 Å². The van der Waals surface area contributed by atoms with Gasteiger partial charge in [0.05, 0.1) is 18.0 Å². The molecule has 2 aromatic rings. The quantitative estimate of drug-likeness (QED) is 0.803. The smallest absolute Gasteiger partial charge is 0.218 e. The molecular formula is C16H21N3O3S. The van der Waals surface area contributed by atoms with Crippen molar-refractivity contribution in [3.63, 3.8) is 0 Å². The zero-order chi connectivity index (χ0) is 16.4. The molecule has 0 atom stereocenters. The summed E-state index contributed by atoms with van der Waals surface area (Å²) in [5.41, 5.74) is 1.68. The topological polar surface area (TPSA) is 66.7 Å². The highest BCUT2D eigenvalue weighted by Crippen LogP contribution is 2.22. The first-order chi connectivity index (χ1) is 10.9. The fourth-order valence-corrected chi connectivity index (χ4v) is 4.26. The molecule has 7 heteroatoms. The average molecular weight is 335 g/mol. The number of benzene rings is 1. The number of aromatic nitrogens is 1. The Bertz CT molecular complexity index is 752. The fourth-order valence-electron chi connectivity index (χ4n) is 2.66. The van der Waals surface area contributed by atoms with E-state index in [4.69, 9.17) is 4.52 Å². The number of rotatable bonds is 6. The Kier molecular flexibility index (Phi) is 4.52. The zero-order valence-corrected chi connectivity index (χ0v) is 14.2. The highest BCUT2D eigenvalue weighted by molar-refractivity contribution is 7.88. The van der Waals surface area contributed by atoms with Crippen molar-refractivity contribution in [2.24, 2.45) is 0 Å². The molecule has 1 aromatic heterocycles. The van der Waals surface area contributed by atoms with E-state index in [0.29, 0.717) is 19.6 Å². The molecule has 124 valence electrons. The van der Waals surface area contributed by atoms with Gasteiger partial charge >= 0.3 is 0 Å². The minimum atomic E-state index is -3.24. The van der Waals surface area contributed by atoms with Crippen molar-refractivity contribution in [3.8, 4) is 0 Å². The molecule has 1 fully saturated rings. The van der Waals surface area contributed by atoms with E-state index in [-0.39, 0.29) is 11.8 Å². The largest absolute Gasteiger partial charge is 0.360 e. The highest BCUT2D eigenvalue weighted by Gasteiger charge is 2.37. The highest BCUT2D eigenvalue weighted by atomic mass is 32.2. The second-order valence-electron chi connectivity index (χ2n) is 6.06. The third-order valence-electron chi connectivity index (χ3n) is 4.12. The molecule has 3 rings (SSSR count). The minimum absolute atomic E-state index is 0.0611. The predicted molar refractivity (Wildman–Crippen MR) is 87.1 cm³/mol. The molecule has 0 radical (unpaired) electrons. The van der Waals surface area contributed by atoms with Crippen LogP contribution in [0.3, 0.4) is 0 Å². The second kappa shape index (κ2) is 6.43. The van der Waals surface area contributed by atoms with Crippen molar-refractivity contribution in [1.29, 1.82) is 0 Å². The van der Waals surface area contributed by atoms with Gasteiger partial charge in [-0.05, 0) is 19.5 Å². The van der Waals surface area contributed by atoms with Gasteiger partial charge in [-0.15, -0.1) is 0 Å². The second-order valence-corrected chi connectivity index (χ2v) is 8.03. The summed E-state index contributed by atoms with van der Waals surface area (Å²) in [6, 6.07) is 11.4. The van der Waals surface area contributed by atoms with Gasteiger partial charge in [0.1, 0.15) is 0 Å². The van der Waals surface area contributed by atoms with E-state index in [2.05, 4.69) is 10.1 Å². The van der Waals surface area contributed by atoms with E-state index < -0.39 is 10.0 Å². The number of aryl methyl sites for hydroxylation is 1. The van der Waals surface area contributed by atoms with Gasteiger partial charge < -0.3 is 4.52 Å². The zero-order valence-electron chi connectivity index (χ0n) is 13.3. The molecule has 1 saturated heterocycles. The van der Waals surface area contributed by atoms with Gasteiger partial charge in [-0.3, -0.25) is 4.90 Å². The van der Waals surface area contributed by atoms with Crippen molar-refractivity contribution in [1.82, 2.24) is 14.4 Å². The third kappa shape index (κ3) is 3.80. The molecule has 1 aromatic carbocycles. The Labute approximate surface area is 136 Å². The Morgan fingerprint density at radius 3 is 2.61 bits per heavy atom. The first kappa shape index (κ1) is 16.2. The van der Waals surface area contributed by atoms with Gasteiger partial charge in [-0.2, -0.15) is 4.31 Å². The monoisotopic (exact) mass is 335 g/mol. The maximum absolute atomic E-state index is 12.4. The molecular weight excluding hydrogens is 314 g/mol. The average Bonchev–Trinajstić information content (AvgIpc) is 2.82.